The van der Waals surface area contributed by atoms with Crippen molar-refractivity contribution in [3.63, 3.8) is 0 Å². The predicted molar refractivity (Wildman–Crippen MR) is 95.4 cm³/mol. The second kappa shape index (κ2) is 7.64. The summed E-state index contributed by atoms with van der Waals surface area (Å²) in [6, 6.07) is 3.64. The van der Waals surface area contributed by atoms with Crippen LogP contribution in [0.4, 0.5) is 0 Å². The lowest BCUT2D eigenvalue weighted by atomic mass is 9.97. The largest absolute Gasteiger partial charge is 0.303 e. The standard InChI is InChI=1S/C17H28N2O2S2/c1-15-6-7-17(22-15)23(20,21)19-12-8-16(9-13-19)14-18-10-4-2-3-5-11-18/h6-7,16H,2-5,8-14H2,1H3. The highest BCUT2D eigenvalue weighted by atomic mass is 32.2. The lowest BCUT2D eigenvalue weighted by Gasteiger charge is -2.33. The molecule has 130 valence electrons. The van der Waals surface area contributed by atoms with Crippen molar-refractivity contribution >= 4 is 21.4 Å². The van der Waals surface area contributed by atoms with Crippen molar-refractivity contribution in [3.8, 4) is 0 Å². The van der Waals surface area contributed by atoms with E-state index >= 15 is 0 Å². The molecule has 2 saturated heterocycles. The van der Waals surface area contributed by atoms with E-state index in [1.54, 1.807) is 10.4 Å². The zero-order chi connectivity index (χ0) is 16.3. The first-order valence-corrected chi connectivity index (χ1v) is 11.1. The van der Waals surface area contributed by atoms with Crippen LogP contribution in [0.5, 0.6) is 0 Å². The molecule has 0 amide bonds. The third kappa shape index (κ3) is 4.35. The molecule has 1 aromatic rings. The van der Waals surface area contributed by atoms with Gasteiger partial charge in [-0.2, -0.15) is 4.31 Å². The third-order valence-corrected chi connectivity index (χ3v) is 8.47. The first-order valence-electron chi connectivity index (χ1n) is 8.84. The van der Waals surface area contributed by atoms with Crippen molar-refractivity contribution in [1.82, 2.24) is 9.21 Å². The van der Waals surface area contributed by atoms with E-state index in [9.17, 15) is 8.42 Å². The van der Waals surface area contributed by atoms with E-state index < -0.39 is 10.0 Å². The Morgan fingerprint density at radius 2 is 1.70 bits per heavy atom. The highest BCUT2D eigenvalue weighted by Gasteiger charge is 2.30. The van der Waals surface area contributed by atoms with E-state index in [-0.39, 0.29) is 0 Å². The number of likely N-dealkylation sites (tertiary alicyclic amines) is 1. The van der Waals surface area contributed by atoms with Gasteiger partial charge in [-0.05, 0) is 63.7 Å². The summed E-state index contributed by atoms with van der Waals surface area (Å²) in [5, 5.41) is 0. The second-order valence-electron chi connectivity index (χ2n) is 6.93. The topological polar surface area (TPSA) is 40.6 Å². The molecule has 3 heterocycles. The van der Waals surface area contributed by atoms with Crippen molar-refractivity contribution in [2.24, 2.45) is 5.92 Å². The number of hydrogen-bond donors (Lipinski definition) is 0. The smallest absolute Gasteiger partial charge is 0.252 e. The SMILES string of the molecule is Cc1ccc(S(=O)(=O)N2CCC(CN3CCCCCC3)CC2)s1. The molecule has 2 fully saturated rings. The van der Waals surface area contributed by atoms with Crippen molar-refractivity contribution in [3.05, 3.63) is 17.0 Å². The van der Waals surface area contributed by atoms with Crippen LogP contribution in [0.1, 0.15) is 43.4 Å². The van der Waals surface area contributed by atoms with Crippen LogP contribution in [0.3, 0.4) is 0 Å². The monoisotopic (exact) mass is 356 g/mol. The first-order chi connectivity index (χ1) is 11.1. The summed E-state index contributed by atoms with van der Waals surface area (Å²) in [6.07, 6.45) is 7.39. The Morgan fingerprint density at radius 3 is 2.26 bits per heavy atom. The summed E-state index contributed by atoms with van der Waals surface area (Å²) in [5.74, 6) is 0.657. The highest BCUT2D eigenvalue weighted by Crippen LogP contribution is 2.28. The molecule has 0 unspecified atom stereocenters. The van der Waals surface area contributed by atoms with Crippen LogP contribution in [-0.2, 0) is 10.0 Å². The van der Waals surface area contributed by atoms with Gasteiger partial charge in [-0.25, -0.2) is 8.42 Å². The van der Waals surface area contributed by atoms with Gasteiger partial charge in [0, 0.05) is 24.5 Å². The Bertz CT molecular complexity index is 596. The highest BCUT2D eigenvalue weighted by molar-refractivity contribution is 7.91. The number of thiophene rings is 1. The van der Waals surface area contributed by atoms with E-state index in [2.05, 4.69) is 4.90 Å². The summed E-state index contributed by atoms with van der Waals surface area (Å²) in [5.41, 5.74) is 0. The first kappa shape index (κ1) is 17.4. The van der Waals surface area contributed by atoms with Gasteiger partial charge in [-0.3, -0.25) is 0 Å². The number of nitrogens with zero attached hydrogens (tertiary/aromatic N) is 2. The maximum atomic E-state index is 12.7. The van der Waals surface area contributed by atoms with Gasteiger partial charge < -0.3 is 4.90 Å². The zero-order valence-electron chi connectivity index (χ0n) is 14.0. The van der Waals surface area contributed by atoms with E-state index in [0.717, 1.165) is 24.3 Å². The minimum absolute atomic E-state index is 0.501. The molecule has 0 saturated carbocycles. The molecule has 0 aliphatic carbocycles. The van der Waals surface area contributed by atoms with Crippen LogP contribution < -0.4 is 0 Å². The molecule has 2 aliphatic heterocycles. The molecule has 1 aromatic heterocycles. The Kier molecular flexibility index (Phi) is 5.78. The third-order valence-electron chi connectivity index (χ3n) is 5.10. The van der Waals surface area contributed by atoms with Crippen molar-refractivity contribution in [2.75, 3.05) is 32.7 Å². The lowest BCUT2D eigenvalue weighted by Crippen LogP contribution is -2.41. The zero-order valence-corrected chi connectivity index (χ0v) is 15.7. The molecule has 0 spiro atoms. The van der Waals surface area contributed by atoms with Crippen LogP contribution in [0.25, 0.3) is 0 Å². The van der Waals surface area contributed by atoms with Crippen LogP contribution >= 0.6 is 11.3 Å². The van der Waals surface area contributed by atoms with Crippen LogP contribution in [-0.4, -0.2) is 50.3 Å². The Labute approximate surface area is 144 Å². The quantitative estimate of drug-likeness (QED) is 0.831. The number of aryl methyl sites for hydroxylation is 1. The van der Waals surface area contributed by atoms with Gasteiger partial charge in [0.25, 0.3) is 10.0 Å². The van der Waals surface area contributed by atoms with Gasteiger partial charge in [-0.1, -0.05) is 12.8 Å². The molecule has 6 heteroatoms. The number of rotatable bonds is 4. The molecule has 2 aliphatic rings. The molecule has 23 heavy (non-hydrogen) atoms. The second-order valence-corrected chi connectivity index (χ2v) is 10.4. The molecule has 0 aromatic carbocycles. The molecule has 4 nitrogen and oxygen atoms in total. The maximum absolute atomic E-state index is 12.7. The number of sulfonamides is 1. The van der Waals surface area contributed by atoms with Gasteiger partial charge in [0.2, 0.25) is 0 Å². The van der Waals surface area contributed by atoms with Gasteiger partial charge in [0.15, 0.2) is 0 Å². The summed E-state index contributed by atoms with van der Waals surface area (Å²) in [7, 11) is -3.27. The van der Waals surface area contributed by atoms with E-state index in [1.165, 1.54) is 50.1 Å². The summed E-state index contributed by atoms with van der Waals surface area (Å²) < 4.78 is 27.5. The summed E-state index contributed by atoms with van der Waals surface area (Å²) >= 11 is 1.38. The summed E-state index contributed by atoms with van der Waals surface area (Å²) in [4.78, 5) is 3.66. The van der Waals surface area contributed by atoms with E-state index in [4.69, 9.17) is 0 Å². The van der Waals surface area contributed by atoms with Crippen LogP contribution in [0.2, 0.25) is 0 Å². The summed E-state index contributed by atoms with van der Waals surface area (Å²) in [6.45, 7) is 6.93. The molecular formula is C17H28N2O2S2. The average molecular weight is 357 g/mol. The Morgan fingerprint density at radius 1 is 1.04 bits per heavy atom. The molecular weight excluding hydrogens is 328 g/mol. The predicted octanol–water partition coefficient (Wildman–Crippen LogP) is 3.33. The van der Waals surface area contributed by atoms with Crippen molar-refractivity contribution < 1.29 is 8.42 Å². The molecule has 0 N–H and O–H groups in total. The average Bonchev–Trinajstić information content (AvgIpc) is 2.82. The van der Waals surface area contributed by atoms with E-state index in [0.29, 0.717) is 23.2 Å². The van der Waals surface area contributed by atoms with Gasteiger partial charge in [-0.15, -0.1) is 11.3 Å². The Hall–Kier alpha value is -0.430. The maximum Gasteiger partial charge on any atom is 0.252 e. The van der Waals surface area contributed by atoms with Crippen LogP contribution in [0.15, 0.2) is 16.3 Å². The Balaban J connectivity index is 1.53. The normalized spacial score (nSPS) is 23.0. The molecule has 0 bridgehead atoms. The van der Waals surface area contributed by atoms with E-state index in [1.807, 2.05) is 13.0 Å². The fourth-order valence-corrected chi connectivity index (χ4v) is 6.60. The number of piperidine rings is 1. The van der Waals surface area contributed by atoms with Crippen LogP contribution in [0, 0.1) is 12.8 Å². The molecule has 3 rings (SSSR count). The molecule has 0 radical (unpaired) electrons. The van der Waals surface area contributed by atoms with Crippen molar-refractivity contribution in [1.29, 1.82) is 0 Å². The fraction of sp³-hybridized carbons (Fsp3) is 0.765. The minimum Gasteiger partial charge on any atom is -0.303 e. The van der Waals surface area contributed by atoms with Crippen molar-refractivity contribution in [2.45, 2.75) is 49.7 Å². The molecule has 0 atom stereocenters. The fourth-order valence-electron chi connectivity index (χ4n) is 3.69. The van der Waals surface area contributed by atoms with Gasteiger partial charge in [0.1, 0.15) is 4.21 Å². The minimum atomic E-state index is -3.27. The lowest BCUT2D eigenvalue weighted by molar-refractivity contribution is 0.186. The van der Waals surface area contributed by atoms with Gasteiger partial charge >= 0.3 is 0 Å². The van der Waals surface area contributed by atoms with Gasteiger partial charge in [0.05, 0.1) is 0 Å². The number of hydrogen-bond acceptors (Lipinski definition) is 4.